The number of carbonyl (C=O) groups excluding carboxylic acids is 2. The Bertz CT molecular complexity index is 1300. The van der Waals surface area contributed by atoms with Crippen LogP contribution in [0.25, 0.3) is 6.08 Å². The fourth-order valence-corrected chi connectivity index (χ4v) is 7.36. The average molecular weight is 672 g/mol. The number of nitrogens with zero attached hydrogens (tertiary/aromatic N) is 3. The van der Waals surface area contributed by atoms with Crippen LogP contribution in [-0.2, 0) is 19.0 Å². The minimum absolute atomic E-state index is 0.114. The van der Waals surface area contributed by atoms with E-state index < -0.39 is 41.9 Å². The second-order valence-corrected chi connectivity index (χ2v) is 14.3. The molecule has 1 aromatic rings. The fraction of sp³-hybridized carbons (Fsp3) is 0.676. The number of esters is 1. The number of aliphatic hydroxyl groups excluding tert-OH is 1. The van der Waals surface area contributed by atoms with E-state index in [1.54, 1.807) is 30.1 Å². The van der Waals surface area contributed by atoms with Crippen molar-refractivity contribution in [3.8, 4) is 0 Å². The summed E-state index contributed by atoms with van der Waals surface area (Å²) in [6, 6.07) is 5.33. The highest BCUT2D eigenvalue weighted by Crippen LogP contribution is 2.30. The number of amides is 1. The second-order valence-electron chi connectivity index (χ2n) is 14.3. The Morgan fingerprint density at radius 3 is 2.44 bits per heavy atom. The lowest BCUT2D eigenvalue weighted by Gasteiger charge is -2.40. The van der Waals surface area contributed by atoms with Crippen LogP contribution in [0.3, 0.4) is 0 Å². The van der Waals surface area contributed by atoms with E-state index in [-0.39, 0.29) is 25.1 Å². The van der Waals surface area contributed by atoms with Gasteiger partial charge in [0.15, 0.2) is 6.10 Å². The molecule has 0 radical (unpaired) electrons. The summed E-state index contributed by atoms with van der Waals surface area (Å²) in [5.74, 6) is -1.33. The summed E-state index contributed by atoms with van der Waals surface area (Å²) in [4.78, 5) is 32.7. The zero-order valence-electron chi connectivity index (χ0n) is 28.8. The third-order valence-corrected chi connectivity index (χ3v) is 10.3. The van der Waals surface area contributed by atoms with Crippen LogP contribution in [0.4, 0.5) is 14.9 Å². The van der Waals surface area contributed by atoms with Crippen molar-refractivity contribution in [2.75, 3.05) is 57.4 Å². The van der Waals surface area contributed by atoms with E-state index in [4.69, 9.17) is 14.2 Å². The molecule has 3 fully saturated rings. The Balaban J connectivity index is 1.32. The predicted octanol–water partition coefficient (Wildman–Crippen LogP) is 4.92. The van der Waals surface area contributed by atoms with Crippen molar-refractivity contribution in [3.63, 3.8) is 0 Å². The molecule has 0 aliphatic carbocycles. The van der Waals surface area contributed by atoms with Crippen LogP contribution in [0.2, 0.25) is 0 Å². The number of ether oxygens (including phenoxy) is 3. The van der Waals surface area contributed by atoms with Crippen molar-refractivity contribution < 1.29 is 38.4 Å². The van der Waals surface area contributed by atoms with Crippen LogP contribution in [0.15, 0.2) is 35.9 Å². The fourth-order valence-electron chi connectivity index (χ4n) is 7.36. The highest BCUT2D eigenvalue weighted by molar-refractivity contribution is 5.71. The van der Waals surface area contributed by atoms with Crippen molar-refractivity contribution >= 4 is 23.8 Å². The number of aliphatic hydroxyl groups is 2. The predicted molar refractivity (Wildman–Crippen MR) is 182 cm³/mol. The van der Waals surface area contributed by atoms with Gasteiger partial charge in [-0.15, -0.1) is 0 Å². The van der Waals surface area contributed by atoms with Crippen LogP contribution in [0.5, 0.6) is 0 Å². The third kappa shape index (κ3) is 9.80. The number of hydrogen-bond donors (Lipinski definition) is 2. The summed E-state index contributed by atoms with van der Waals surface area (Å²) in [6.45, 7) is 11.2. The topological polar surface area (TPSA) is 112 Å². The molecule has 48 heavy (non-hydrogen) atoms. The quantitative estimate of drug-likeness (QED) is 0.333. The van der Waals surface area contributed by atoms with Gasteiger partial charge in [-0.05, 0) is 101 Å². The van der Waals surface area contributed by atoms with Gasteiger partial charge in [-0.2, -0.15) is 0 Å². The number of anilines is 1. The smallest absolute Gasteiger partial charge is 0.410 e. The van der Waals surface area contributed by atoms with Gasteiger partial charge in [0.2, 0.25) is 0 Å². The Morgan fingerprint density at radius 2 is 1.73 bits per heavy atom. The number of hydrogen-bond acceptors (Lipinski definition) is 9. The number of likely N-dealkylation sites (tertiary alicyclic amines) is 2. The van der Waals surface area contributed by atoms with E-state index >= 15 is 0 Å². The van der Waals surface area contributed by atoms with Crippen molar-refractivity contribution in [2.45, 2.75) is 102 Å². The first kappa shape index (κ1) is 36.3. The first-order valence-electron chi connectivity index (χ1n) is 17.8. The van der Waals surface area contributed by atoms with Crippen LogP contribution in [0, 0.1) is 11.7 Å². The molecule has 0 spiro atoms. The lowest BCUT2D eigenvalue weighted by molar-refractivity contribution is -0.151. The molecule has 4 aliphatic heterocycles. The number of piperidine rings is 2. The summed E-state index contributed by atoms with van der Waals surface area (Å²) in [5, 5.41) is 22.2. The van der Waals surface area contributed by atoms with E-state index in [0.717, 1.165) is 31.6 Å². The van der Waals surface area contributed by atoms with Gasteiger partial charge in [0.25, 0.3) is 0 Å². The average Bonchev–Trinajstić information content (AvgIpc) is 3.08. The van der Waals surface area contributed by atoms with Gasteiger partial charge in [-0.3, -0.25) is 4.79 Å². The van der Waals surface area contributed by atoms with Crippen molar-refractivity contribution in [2.24, 2.45) is 5.92 Å². The number of halogens is 1. The van der Waals surface area contributed by atoms with E-state index in [1.165, 1.54) is 31.4 Å². The minimum atomic E-state index is -1.49. The molecule has 1 aromatic carbocycles. The summed E-state index contributed by atoms with van der Waals surface area (Å²) in [6.07, 6.45) is 7.56. The molecule has 0 bridgehead atoms. The summed E-state index contributed by atoms with van der Waals surface area (Å²) in [7, 11) is 0. The van der Waals surface area contributed by atoms with Gasteiger partial charge in [0.1, 0.15) is 17.5 Å². The minimum Gasteiger partial charge on any atom is -0.457 e. The molecule has 11 heteroatoms. The van der Waals surface area contributed by atoms with Crippen LogP contribution >= 0.6 is 0 Å². The summed E-state index contributed by atoms with van der Waals surface area (Å²) >= 11 is 0. The monoisotopic (exact) mass is 671 g/mol. The van der Waals surface area contributed by atoms with E-state index in [2.05, 4.69) is 9.80 Å². The van der Waals surface area contributed by atoms with Crippen molar-refractivity contribution in [1.29, 1.82) is 0 Å². The van der Waals surface area contributed by atoms with Gasteiger partial charge in [0, 0.05) is 43.8 Å². The van der Waals surface area contributed by atoms with E-state index in [1.807, 2.05) is 19.9 Å². The molecular weight excluding hydrogens is 617 g/mol. The molecule has 5 atom stereocenters. The third-order valence-electron chi connectivity index (χ3n) is 10.3. The zero-order chi connectivity index (χ0) is 34.3. The van der Waals surface area contributed by atoms with Crippen LogP contribution in [-0.4, -0.2) is 115 Å². The molecule has 266 valence electrons. The standard InChI is InChI=1S/C37H54FN3O7/c1-26-7-8-33(47-36(44)41-15-10-30(11-16-41)39-13-5-4-6-14-39)37(3,45)12-9-32(42)25-34(43)48-35(26)27(2)21-28-22-29(38)24-31(23-28)40-17-19-46-20-18-40/h7-8,21-24,26,30,32-33,35,42,45H,4-6,9-20,25H2,1-3H3/b8-7+,27-21+/t26-,32+,33-,35-,37+/m0/s1. The van der Waals surface area contributed by atoms with Gasteiger partial charge < -0.3 is 39.1 Å². The first-order valence-corrected chi connectivity index (χ1v) is 17.8. The molecule has 0 unspecified atom stereocenters. The number of morpholine rings is 1. The molecule has 4 aliphatic rings. The van der Waals surface area contributed by atoms with Gasteiger partial charge in [-0.25, -0.2) is 9.18 Å². The summed E-state index contributed by atoms with van der Waals surface area (Å²) in [5.41, 5.74) is 0.584. The molecule has 10 nitrogen and oxygen atoms in total. The van der Waals surface area contributed by atoms with Crippen molar-refractivity contribution in [3.05, 3.63) is 47.3 Å². The highest BCUT2D eigenvalue weighted by Gasteiger charge is 2.37. The van der Waals surface area contributed by atoms with Crippen LogP contribution < -0.4 is 4.90 Å². The molecule has 0 saturated carbocycles. The number of benzene rings is 1. The molecule has 2 N–H and O–H groups in total. The summed E-state index contributed by atoms with van der Waals surface area (Å²) < 4.78 is 32.1. The Kier molecular flexibility index (Phi) is 12.6. The molecule has 0 aromatic heterocycles. The SMILES string of the molecule is C/C(=C\c1cc(F)cc(N2CCOCC2)c1)[C@H]1OC(=O)C[C@H](O)CC[C@@](C)(O)[C@@H](OC(=O)N2CCC(N3CCCCC3)CC2)/C=C/[C@@H]1C. The normalized spacial score (nSPS) is 31.4. The lowest BCUT2D eigenvalue weighted by Crippen LogP contribution is -2.50. The number of rotatable bonds is 5. The molecule has 3 saturated heterocycles. The first-order chi connectivity index (χ1) is 23.0. The maximum Gasteiger partial charge on any atom is 0.410 e. The van der Waals surface area contributed by atoms with E-state index in [0.29, 0.717) is 56.6 Å². The Morgan fingerprint density at radius 1 is 1.02 bits per heavy atom. The molecule has 1 amide bonds. The molecule has 5 rings (SSSR count). The van der Waals surface area contributed by atoms with Gasteiger partial charge >= 0.3 is 12.1 Å². The molecular formula is C37H54FN3O7. The number of carbonyl (C=O) groups is 2. The van der Waals surface area contributed by atoms with Crippen molar-refractivity contribution in [1.82, 2.24) is 9.80 Å². The second kappa shape index (κ2) is 16.6. The Hall–Kier alpha value is -2.99. The largest absolute Gasteiger partial charge is 0.457 e. The molecule has 4 heterocycles. The Labute approximate surface area is 284 Å². The maximum atomic E-state index is 14.7. The van der Waals surface area contributed by atoms with E-state index in [9.17, 15) is 24.2 Å². The maximum absolute atomic E-state index is 14.7. The van der Waals surface area contributed by atoms with Gasteiger partial charge in [-0.1, -0.05) is 25.5 Å². The van der Waals surface area contributed by atoms with Gasteiger partial charge in [0.05, 0.1) is 25.7 Å². The van der Waals surface area contributed by atoms with Crippen LogP contribution in [0.1, 0.15) is 77.7 Å². The zero-order valence-corrected chi connectivity index (χ0v) is 28.8. The number of cyclic esters (lactones) is 1. The lowest BCUT2D eigenvalue weighted by atomic mass is 9.88. The highest BCUT2D eigenvalue weighted by atomic mass is 19.1.